The maximum absolute atomic E-state index is 13.5. The van der Waals surface area contributed by atoms with Crippen LogP contribution in [0, 0.1) is 22.6 Å². The summed E-state index contributed by atoms with van der Waals surface area (Å²) < 4.78 is 49.0. The van der Waals surface area contributed by atoms with Crippen LogP contribution in [-0.2, 0) is 17.1 Å². The molecule has 2 heterocycles. The molecule has 0 aliphatic carbocycles. The zero-order chi connectivity index (χ0) is 22.3. The van der Waals surface area contributed by atoms with Gasteiger partial charge in [0, 0.05) is 24.3 Å². The van der Waals surface area contributed by atoms with Crippen LogP contribution >= 0.6 is 0 Å². The third-order valence-corrected chi connectivity index (χ3v) is 6.53. The van der Waals surface area contributed by atoms with E-state index in [2.05, 4.69) is 16.6 Å². The molecule has 0 saturated heterocycles. The molecule has 0 spiro atoms. The van der Waals surface area contributed by atoms with Crippen LogP contribution in [0.5, 0.6) is 5.75 Å². The van der Waals surface area contributed by atoms with Crippen molar-refractivity contribution in [3.05, 3.63) is 54.1 Å². The molecule has 30 heavy (non-hydrogen) atoms. The zero-order valence-corrected chi connectivity index (χ0v) is 17.5. The molecule has 0 unspecified atom stereocenters. The van der Waals surface area contributed by atoms with Gasteiger partial charge < -0.3 is 14.6 Å². The highest BCUT2D eigenvalue weighted by atomic mass is 32.2. The number of halogens is 1. The van der Waals surface area contributed by atoms with E-state index in [4.69, 9.17) is 10.00 Å². The van der Waals surface area contributed by atoms with Crippen LogP contribution in [0.2, 0.25) is 0 Å². The Bertz CT molecular complexity index is 1180. The van der Waals surface area contributed by atoms with Crippen LogP contribution in [-0.4, -0.2) is 31.5 Å². The largest absolute Gasteiger partial charge is 0.488 e. The Hall–Kier alpha value is -3.16. The minimum absolute atomic E-state index is 0.00925. The number of anilines is 1. The molecule has 3 rings (SSSR count). The molecule has 1 aliphatic rings. The van der Waals surface area contributed by atoms with Gasteiger partial charge in [0.05, 0.1) is 11.6 Å². The summed E-state index contributed by atoms with van der Waals surface area (Å²) in [4.78, 5) is 12.7. The number of nitriles is 1. The first kappa shape index (κ1) is 21.5. The molecule has 1 aliphatic heterocycles. The number of hydrogen-bond acceptors (Lipinski definition) is 5. The number of rotatable bonds is 4. The predicted octanol–water partition coefficient (Wildman–Crippen LogP) is 2.54. The molecule has 0 saturated carbocycles. The maximum atomic E-state index is 13.5. The number of nitrogens with one attached hydrogen (secondary N) is 2. The number of amides is 1. The summed E-state index contributed by atoms with van der Waals surface area (Å²) in [5.74, 6) is -1.45. The lowest BCUT2D eigenvalue weighted by Crippen LogP contribution is -2.46. The SMILES string of the molecule is C=CC(C)(C)[C@@H]1COc2c(cn(C)c2C(=O)Nc2ccc(F)c(C#N)c2)S(=O)(=O)N1. The summed E-state index contributed by atoms with van der Waals surface area (Å²) in [5.41, 5.74) is -0.650. The van der Waals surface area contributed by atoms with Crippen LogP contribution in [0.25, 0.3) is 0 Å². The van der Waals surface area contributed by atoms with Gasteiger partial charge in [0.2, 0.25) is 10.0 Å². The lowest BCUT2D eigenvalue weighted by molar-refractivity contribution is 0.101. The van der Waals surface area contributed by atoms with Gasteiger partial charge in [-0.25, -0.2) is 17.5 Å². The van der Waals surface area contributed by atoms with Crippen molar-refractivity contribution in [3.8, 4) is 11.8 Å². The number of fused-ring (bicyclic) bond motifs is 1. The number of carbonyl (C=O) groups excluding carboxylic acids is 1. The van der Waals surface area contributed by atoms with Crippen molar-refractivity contribution < 1.29 is 22.3 Å². The topological polar surface area (TPSA) is 113 Å². The smallest absolute Gasteiger partial charge is 0.276 e. The van der Waals surface area contributed by atoms with Gasteiger partial charge in [-0.1, -0.05) is 19.9 Å². The van der Waals surface area contributed by atoms with Crippen LogP contribution in [0.15, 0.2) is 41.9 Å². The predicted molar refractivity (Wildman–Crippen MR) is 108 cm³/mol. The minimum atomic E-state index is -3.96. The molecule has 2 aromatic rings. The number of aryl methyl sites for hydroxylation is 1. The molecule has 1 amide bonds. The van der Waals surface area contributed by atoms with Gasteiger partial charge in [-0.05, 0) is 18.2 Å². The van der Waals surface area contributed by atoms with Crippen molar-refractivity contribution in [2.45, 2.75) is 24.8 Å². The summed E-state index contributed by atoms with van der Waals surface area (Å²) in [7, 11) is -2.45. The van der Waals surface area contributed by atoms with Crippen LogP contribution in [0.4, 0.5) is 10.1 Å². The average molecular weight is 432 g/mol. The second kappa shape index (κ2) is 7.59. The third-order valence-electron chi connectivity index (χ3n) is 5.07. The van der Waals surface area contributed by atoms with Gasteiger partial charge in [-0.15, -0.1) is 6.58 Å². The summed E-state index contributed by atoms with van der Waals surface area (Å²) >= 11 is 0. The minimum Gasteiger partial charge on any atom is -0.488 e. The van der Waals surface area contributed by atoms with Crippen molar-refractivity contribution >= 4 is 21.6 Å². The first-order valence-corrected chi connectivity index (χ1v) is 10.5. The molecule has 158 valence electrons. The Kier molecular flexibility index (Phi) is 5.45. The zero-order valence-electron chi connectivity index (χ0n) is 16.7. The first-order valence-electron chi connectivity index (χ1n) is 8.99. The third kappa shape index (κ3) is 3.81. The number of nitrogens with zero attached hydrogens (tertiary/aromatic N) is 2. The fraction of sp³-hybridized carbons (Fsp3) is 0.300. The highest BCUT2D eigenvalue weighted by Crippen LogP contribution is 2.35. The van der Waals surface area contributed by atoms with E-state index < -0.39 is 33.2 Å². The van der Waals surface area contributed by atoms with Gasteiger partial charge in [0.1, 0.15) is 23.4 Å². The fourth-order valence-corrected chi connectivity index (χ4v) is 4.58. The van der Waals surface area contributed by atoms with E-state index in [0.717, 1.165) is 6.07 Å². The molecule has 0 radical (unpaired) electrons. The highest BCUT2D eigenvalue weighted by molar-refractivity contribution is 7.89. The van der Waals surface area contributed by atoms with Gasteiger partial charge >= 0.3 is 0 Å². The van der Waals surface area contributed by atoms with Crippen LogP contribution in [0.1, 0.15) is 29.9 Å². The summed E-state index contributed by atoms with van der Waals surface area (Å²) in [6.45, 7) is 7.37. The van der Waals surface area contributed by atoms with Crippen molar-refractivity contribution in [2.24, 2.45) is 12.5 Å². The summed E-state index contributed by atoms with van der Waals surface area (Å²) in [6, 6.07) is 4.66. The summed E-state index contributed by atoms with van der Waals surface area (Å²) in [6.07, 6.45) is 2.93. The van der Waals surface area contributed by atoms with Gasteiger partial charge in [0.15, 0.2) is 11.4 Å². The Balaban J connectivity index is 1.99. The molecule has 1 aromatic heterocycles. The molecular weight excluding hydrogens is 411 g/mol. The standard InChI is InChI=1S/C20H21FN4O4S/c1-5-20(2,3)16-11-29-18-15(30(27,28)24-16)10-25(4)17(18)19(26)23-13-6-7-14(21)12(8-13)9-22/h5-8,10,16,24H,1,11H2,2-4H3,(H,23,26)/t16-/m0/s1. The fourth-order valence-electron chi connectivity index (χ4n) is 3.01. The Morgan fingerprint density at radius 2 is 2.20 bits per heavy atom. The number of sulfonamides is 1. The molecule has 1 aromatic carbocycles. The maximum Gasteiger partial charge on any atom is 0.276 e. The second-order valence-corrected chi connectivity index (χ2v) is 9.24. The Morgan fingerprint density at radius 1 is 1.50 bits per heavy atom. The molecule has 1 atom stereocenters. The lowest BCUT2D eigenvalue weighted by Gasteiger charge is -2.30. The van der Waals surface area contributed by atoms with Gasteiger partial charge in [-0.2, -0.15) is 5.26 Å². The first-order chi connectivity index (χ1) is 14.0. The summed E-state index contributed by atoms with van der Waals surface area (Å²) in [5, 5.41) is 11.5. The molecule has 0 fully saturated rings. The Morgan fingerprint density at radius 3 is 2.83 bits per heavy atom. The van der Waals surface area contributed by atoms with Crippen molar-refractivity contribution in [3.63, 3.8) is 0 Å². The molecular formula is C20H21FN4O4S. The number of aromatic nitrogens is 1. The van der Waals surface area contributed by atoms with Crippen LogP contribution in [0.3, 0.4) is 0 Å². The molecule has 0 bridgehead atoms. The average Bonchev–Trinajstić information content (AvgIpc) is 2.97. The molecule has 2 N–H and O–H groups in total. The highest BCUT2D eigenvalue weighted by Gasteiger charge is 2.39. The van der Waals surface area contributed by atoms with E-state index in [1.54, 1.807) is 12.1 Å². The number of carbonyl (C=O) groups is 1. The van der Waals surface area contributed by atoms with E-state index in [1.165, 1.54) is 29.9 Å². The van der Waals surface area contributed by atoms with E-state index >= 15 is 0 Å². The van der Waals surface area contributed by atoms with Gasteiger partial charge in [-0.3, -0.25) is 4.79 Å². The normalized spacial score (nSPS) is 17.8. The van der Waals surface area contributed by atoms with E-state index in [1.807, 2.05) is 13.8 Å². The monoisotopic (exact) mass is 432 g/mol. The van der Waals surface area contributed by atoms with Crippen molar-refractivity contribution in [2.75, 3.05) is 11.9 Å². The Labute approximate surface area is 174 Å². The van der Waals surface area contributed by atoms with Crippen LogP contribution < -0.4 is 14.8 Å². The quantitative estimate of drug-likeness (QED) is 0.721. The van der Waals surface area contributed by atoms with E-state index in [-0.39, 0.29) is 34.2 Å². The second-order valence-electron chi connectivity index (χ2n) is 7.55. The molecule has 8 nitrogen and oxygen atoms in total. The number of ether oxygens (including phenoxy) is 1. The molecule has 10 heteroatoms. The lowest BCUT2D eigenvalue weighted by atomic mass is 9.86. The number of benzene rings is 1. The van der Waals surface area contributed by atoms with E-state index in [9.17, 15) is 17.6 Å². The van der Waals surface area contributed by atoms with E-state index in [0.29, 0.717) is 0 Å². The number of hydrogen-bond donors (Lipinski definition) is 2. The van der Waals surface area contributed by atoms with Crippen molar-refractivity contribution in [1.82, 2.24) is 9.29 Å². The van der Waals surface area contributed by atoms with Gasteiger partial charge in [0.25, 0.3) is 5.91 Å². The van der Waals surface area contributed by atoms with Crippen molar-refractivity contribution in [1.29, 1.82) is 5.26 Å².